The first-order chi connectivity index (χ1) is 17.8. The molecule has 7 rings (SSSR count). The van der Waals surface area contributed by atoms with Crippen LogP contribution in [0.1, 0.15) is 18.4 Å². The number of hydrogen-bond acceptors (Lipinski definition) is 7. The minimum absolute atomic E-state index is 0.654. The van der Waals surface area contributed by atoms with Gasteiger partial charge in [0.25, 0.3) is 0 Å². The molecule has 1 aliphatic rings. The van der Waals surface area contributed by atoms with Crippen LogP contribution in [0.15, 0.2) is 67.4 Å². The van der Waals surface area contributed by atoms with Gasteiger partial charge in [-0.3, -0.25) is 25.0 Å². The smallest absolute Gasteiger partial charge is 0.159 e. The number of rotatable bonds is 5. The zero-order valence-corrected chi connectivity index (χ0v) is 19.5. The first-order valence-electron chi connectivity index (χ1n) is 12.1. The Labute approximate surface area is 206 Å². The van der Waals surface area contributed by atoms with Gasteiger partial charge in [-0.25, -0.2) is 9.97 Å². The number of likely N-dealkylation sites (tertiary alicyclic amines) is 1. The number of H-pyrrole nitrogens is 2. The number of aromatic nitrogens is 8. The van der Waals surface area contributed by atoms with Crippen molar-refractivity contribution in [2.45, 2.75) is 19.4 Å². The Morgan fingerprint density at radius 3 is 2.67 bits per heavy atom. The number of nitrogens with one attached hydrogen (secondary N) is 2. The van der Waals surface area contributed by atoms with E-state index in [0.717, 1.165) is 58.6 Å². The Morgan fingerprint density at radius 1 is 0.861 bits per heavy atom. The van der Waals surface area contributed by atoms with Gasteiger partial charge in [-0.15, -0.1) is 0 Å². The lowest BCUT2D eigenvalue weighted by Crippen LogP contribution is -2.18. The molecule has 0 saturated carbocycles. The molecule has 1 saturated heterocycles. The molecule has 36 heavy (non-hydrogen) atoms. The standard InChI is InChI=1S/C27H23N9/c1-2-7-29-21(5-1)24-25-22(6-8-30-24)32-27(33-25)23-20-12-19(15-31-26(20)35-34-23)18-11-17(13-28-14-18)16-36-9-3-4-10-36/h1-2,5-8,11-15H,3-4,9-10,16H2,(H,32,33)(H,31,34,35). The minimum Gasteiger partial charge on any atom is -0.336 e. The number of aromatic amines is 2. The molecule has 1 fully saturated rings. The van der Waals surface area contributed by atoms with Crippen molar-refractivity contribution in [1.82, 2.24) is 45.0 Å². The Balaban J connectivity index is 1.28. The van der Waals surface area contributed by atoms with Crippen molar-refractivity contribution in [2.75, 3.05) is 13.1 Å². The molecule has 0 atom stereocenters. The third kappa shape index (κ3) is 3.70. The molecule has 0 bridgehead atoms. The molecule has 0 radical (unpaired) electrons. The minimum atomic E-state index is 0.654. The summed E-state index contributed by atoms with van der Waals surface area (Å²) in [5.41, 5.74) is 7.81. The zero-order chi connectivity index (χ0) is 23.9. The summed E-state index contributed by atoms with van der Waals surface area (Å²) >= 11 is 0. The first-order valence-corrected chi connectivity index (χ1v) is 12.1. The van der Waals surface area contributed by atoms with Crippen LogP contribution in [0.3, 0.4) is 0 Å². The van der Waals surface area contributed by atoms with Crippen molar-refractivity contribution >= 4 is 22.1 Å². The fourth-order valence-electron chi connectivity index (χ4n) is 4.91. The lowest BCUT2D eigenvalue weighted by molar-refractivity contribution is 0.331. The molecule has 0 amide bonds. The third-order valence-corrected chi connectivity index (χ3v) is 6.68. The molecule has 6 aromatic rings. The van der Waals surface area contributed by atoms with E-state index in [9.17, 15) is 0 Å². The predicted octanol–water partition coefficient (Wildman–Crippen LogP) is 4.62. The highest BCUT2D eigenvalue weighted by molar-refractivity contribution is 5.95. The lowest BCUT2D eigenvalue weighted by atomic mass is 10.1. The Morgan fingerprint density at radius 2 is 1.78 bits per heavy atom. The Bertz CT molecular complexity index is 1680. The molecule has 9 heteroatoms. The fraction of sp³-hybridized carbons (Fsp3) is 0.185. The van der Waals surface area contributed by atoms with Crippen molar-refractivity contribution in [2.24, 2.45) is 0 Å². The van der Waals surface area contributed by atoms with Gasteiger partial charge in [0, 0.05) is 48.7 Å². The monoisotopic (exact) mass is 473 g/mol. The second kappa shape index (κ2) is 8.62. The maximum atomic E-state index is 4.87. The molecular weight excluding hydrogens is 450 g/mol. The van der Waals surface area contributed by atoms with Gasteiger partial charge in [0.1, 0.15) is 16.9 Å². The van der Waals surface area contributed by atoms with Gasteiger partial charge >= 0.3 is 0 Å². The van der Waals surface area contributed by atoms with Gasteiger partial charge in [-0.05, 0) is 61.8 Å². The first kappa shape index (κ1) is 20.8. The highest BCUT2D eigenvalue weighted by Gasteiger charge is 2.18. The van der Waals surface area contributed by atoms with Crippen LogP contribution in [-0.4, -0.2) is 58.1 Å². The molecular formula is C27H23N9. The van der Waals surface area contributed by atoms with Crippen LogP contribution in [0.25, 0.3) is 56.1 Å². The van der Waals surface area contributed by atoms with E-state index in [1.165, 1.54) is 18.4 Å². The van der Waals surface area contributed by atoms with Crippen molar-refractivity contribution in [3.8, 4) is 34.0 Å². The van der Waals surface area contributed by atoms with Crippen molar-refractivity contribution in [3.05, 3.63) is 72.9 Å². The summed E-state index contributed by atoms with van der Waals surface area (Å²) in [6.07, 6.45) is 11.8. The van der Waals surface area contributed by atoms with Crippen LogP contribution in [0.2, 0.25) is 0 Å². The highest BCUT2D eigenvalue weighted by atomic mass is 15.2. The summed E-state index contributed by atoms with van der Waals surface area (Å²) in [6, 6.07) is 12.0. The average Bonchev–Trinajstić information content (AvgIpc) is 3.68. The molecule has 2 N–H and O–H groups in total. The Kier molecular flexibility index (Phi) is 4.99. The van der Waals surface area contributed by atoms with Crippen molar-refractivity contribution in [3.63, 3.8) is 0 Å². The van der Waals surface area contributed by atoms with Crippen LogP contribution >= 0.6 is 0 Å². The zero-order valence-electron chi connectivity index (χ0n) is 19.5. The molecule has 0 aliphatic carbocycles. The SMILES string of the molecule is c1ccc(-c2nccc3[nH]c(-c4n[nH]c5ncc(-c6cncc(CN7CCCC7)c6)cc45)nc23)nc1. The normalized spacial score (nSPS) is 14.2. The molecule has 176 valence electrons. The topological polar surface area (TPSA) is 112 Å². The molecule has 0 spiro atoms. The van der Waals surface area contributed by atoms with Crippen LogP contribution in [0, 0.1) is 0 Å². The summed E-state index contributed by atoms with van der Waals surface area (Å²) in [5, 5.41) is 8.48. The van der Waals surface area contributed by atoms with E-state index in [4.69, 9.17) is 4.98 Å². The number of imidazole rings is 1. The molecule has 0 unspecified atom stereocenters. The maximum Gasteiger partial charge on any atom is 0.159 e. The number of fused-ring (bicyclic) bond motifs is 2. The molecule has 9 nitrogen and oxygen atoms in total. The summed E-state index contributed by atoms with van der Waals surface area (Å²) in [5.74, 6) is 0.654. The van der Waals surface area contributed by atoms with Crippen LogP contribution in [0.4, 0.5) is 0 Å². The van der Waals surface area contributed by atoms with Gasteiger partial charge in [0.2, 0.25) is 0 Å². The average molecular weight is 474 g/mol. The van der Waals surface area contributed by atoms with Gasteiger partial charge < -0.3 is 4.98 Å². The van der Waals surface area contributed by atoms with E-state index >= 15 is 0 Å². The number of nitrogens with zero attached hydrogens (tertiary/aromatic N) is 7. The van der Waals surface area contributed by atoms with E-state index in [1.54, 1.807) is 12.4 Å². The highest BCUT2D eigenvalue weighted by Crippen LogP contribution is 2.31. The van der Waals surface area contributed by atoms with E-state index in [2.05, 4.69) is 52.1 Å². The van der Waals surface area contributed by atoms with Crippen molar-refractivity contribution < 1.29 is 0 Å². The van der Waals surface area contributed by atoms with E-state index in [0.29, 0.717) is 17.2 Å². The molecule has 0 aromatic carbocycles. The van der Waals surface area contributed by atoms with Crippen LogP contribution < -0.4 is 0 Å². The van der Waals surface area contributed by atoms with Gasteiger partial charge in [-0.2, -0.15) is 5.10 Å². The quantitative estimate of drug-likeness (QED) is 0.376. The Hall–Kier alpha value is -4.50. The van der Waals surface area contributed by atoms with Crippen molar-refractivity contribution in [1.29, 1.82) is 0 Å². The molecule has 7 heterocycles. The van der Waals surface area contributed by atoms with Gasteiger partial charge in [-0.1, -0.05) is 6.07 Å². The van der Waals surface area contributed by atoms with E-state index in [1.807, 2.05) is 42.9 Å². The predicted molar refractivity (Wildman–Crippen MR) is 138 cm³/mol. The summed E-state index contributed by atoms with van der Waals surface area (Å²) in [6.45, 7) is 3.25. The number of pyridine rings is 4. The lowest BCUT2D eigenvalue weighted by Gasteiger charge is -2.14. The summed E-state index contributed by atoms with van der Waals surface area (Å²) < 4.78 is 0. The van der Waals surface area contributed by atoms with E-state index in [-0.39, 0.29) is 0 Å². The van der Waals surface area contributed by atoms with Crippen LogP contribution in [-0.2, 0) is 6.54 Å². The number of hydrogen-bond donors (Lipinski definition) is 2. The van der Waals surface area contributed by atoms with E-state index < -0.39 is 0 Å². The molecule has 1 aliphatic heterocycles. The largest absolute Gasteiger partial charge is 0.336 e. The summed E-state index contributed by atoms with van der Waals surface area (Å²) in [7, 11) is 0. The third-order valence-electron chi connectivity index (χ3n) is 6.68. The van der Waals surface area contributed by atoms with Gasteiger partial charge in [0.15, 0.2) is 11.5 Å². The van der Waals surface area contributed by atoms with Gasteiger partial charge in [0.05, 0.1) is 16.6 Å². The maximum absolute atomic E-state index is 4.87. The molecule has 6 aromatic heterocycles. The fourth-order valence-corrected chi connectivity index (χ4v) is 4.91. The second-order valence-corrected chi connectivity index (χ2v) is 9.11. The second-order valence-electron chi connectivity index (χ2n) is 9.11. The van der Waals surface area contributed by atoms with Crippen LogP contribution in [0.5, 0.6) is 0 Å². The summed E-state index contributed by atoms with van der Waals surface area (Å²) in [4.78, 5) is 28.9.